The fraction of sp³-hybridized carbons (Fsp3) is 0.500. The van der Waals surface area contributed by atoms with Crippen molar-refractivity contribution in [2.24, 2.45) is 11.7 Å². The number of amides is 1. The van der Waals surface area contributed by atoms with Crippen molar-refractivity contribution < 1.29 is 9.18 Å². The van der Waals surface area contributed by atoms with Gasteiger partial charge in [-0.05, 0) is 56.2 Å². The molecule has 1 aromatic heterocycles. The predicted molar refractivity (Wildman–Crippen MR) is 105 cm³/mol. The molecule has 2 aromatic rings. The number of nitrogens with zero attached hydrogens (tertiary/aromatic N) is 1. The van der Waals surface area contributed by atoms with E-state index in [-0.39, 0.29) is 24.2 Å². The Morgan fingerprint density at radius 3 is 2.85 bits per heavy atom. The van der Waals surface area contributed by atoms with Gasteiger partial charge in [-0.3, -0.25) is 4.79 Å². The van der Waals surface area contributed by atoms with Crippen LogP contribution < -0.4 is 16.4 Å². The topological polar surface area (TPSA) is 80.0 Å². The summed E-state index contributed by atoms with van der Waals surface area (Å²) in [5.41, 5.74) is 8.32. The molecule has 144 valence electrons. The lowest BCUT2D eigenvalue weighted by Gasteiger charge is -2.24. The average Bonchev–Trinajstić information content (AvgIpc) is 3.32. The SMILES string of the molecule is Cc1nc(C)c(-c2ccc(CC(N)NC(=O)C3NC4CCC3C4)c(F)c2)s1. The van der Waals surface area contributed by atoms with Crippen LogP contribution in [0, 0.1) is 25.6 Å². The molecule has 2 aliphatic rings. The van der Waals surface area contributed by atoms with Crippen LogP contribution in [-0.2, 0) is 11.2 Å². The van der Waals surface area contributed by atoms with E-state index in [0.717, 1.165) is 40.4 Å². The summed E-state index contributed by atoms with van der Waals surface area (Å²) in [7, 11) is 0. The van der Waals surface area contributed by atoms with Crippen LogP contribution in [0.1, 0.15) is 35.5 Å². The minimum absolute atomic E-state index is 0.0671. The normalized spacial score (nSPS) is 25.0. The van der Waals surface area contributed by atoms with Gasteiger partial charge in [0.2, 0.25) is 5.91 Å². The molecule has 5 nitrogen and oxygen atoms in total. The summed E-state index contributed by atoms with van der Waals surface area (Å²) in [6, 6.07) is 5.48. The van der Waals surface area contributed by atoms with E-state index in [0.29, 0.717) is 17.5 Å². The number of carbonyl (C=O) groups excluding carboxylic acids is 1. The summed E-state index contributed by atoms with van der Waals surface area (Å²) >= 11 is 1.56. The van der Waals surface area contributed by atoms with E-state index < -0.39 is 6.17 Å². The lowest BCUT2D eigenvalue weighted by molar-refractivity contribution is -0.124. The van der Waals surface area contributed by atoms with E-state index in [2.05, 4.69) is 15.6 Å². The zero-order valence-electron chi connectivity index (χ0n) is 15.6. The molecule has 1 aliphatic carbocycles. The summed E-state index contributed by atoms with van der Waals surface area (Å²) in [5, 5.41) is 7.16. The van der Waals surface area contributed by atoms with Crippen molar-refractivity contribution in [1.82, 2.24) is 15.6 Å². The molecule has 1 aromatic carbocycles. The first-order valence-electron chi connectivity index (χ1n) is 9.45. The Hall–Kier alpha value is -1.83. The van der Waals surface area contributed by atoms with Gasteiger partial charge in [0.25, 0.3) is 0 Å². The van der Waals surface area contributed by atoms with Gasteiger partial charge < -0.3 is 16.4 Å². The van der Waals surface area contributed by atoms with E-state index >= 15 is 0 Å². The third kappa shape index (κ3) is 3.77. The van der Waals surface area contributed by atoms with Gasteiger partial charge in [0.1, 0.15) is 5.82 Å². The zero-order valence-corrected chi connectivity index (χ0v) is 16.4. The number of hydrogen-bond acceptors (Lipinski definition) is 5. The molecule has 4 N–H and O–H groups in total. The van der Waals surface area contributed by atoms with Crippen molar-refractivity contribution in [3.05, 3.63) is 40.3 Å². The molecule has 4 unspecified atom stereocenters. The van der Waals surface area contributed by atoms with Crippen molar-refractivity contribution >= 4 is 17.2 Å². The summed E-state index contributed by atoms with van der Waals surface area (Å²) < 4.78 is 14.6. The van der Waals surface area contributed by atoms with Crippen molar-refractivity contribution in [3.63, 3.8) is 0 Å². The van der Waals surface area contributed by atoms with E-state index in [1.54, 1.807) is 17.4 Å². The number of halogens is 1. The Morgan fingerprint density at radius 2 is 2.26 bits per heavy atom. The second-order valence-electron chi connectivity index (χ2n) is 7.69. The molecule has 7 heteroatoms. The standard InChI is InChI=1S/C20H25FN4OS/c1-10-19(27-11(2)23-10)14-4-3-12(16(21)8-14)9-17(22)25-20(26)18-13-5-6-15(7-13)24-18/h3-4,8,13,15,17-18,24H,5-7,9,22H2,1-2H3,(H,25,26). The van der Waals surface area contributed by atoms with Crippen LogP contribution in [0.4, 0.5) is 4.39 Å². The lowest BCUT2D eigenvalue weighted by atomic mass is 9.99. The highest BCUT2D eigenvalue weighted by Gasteiger charge is 2.42. The Labute approximate surface area is 162 Å². The second kappa shape index (κ2) is 7.30. The number of aryl methyl sites for hydroxylation is 2. The van der Waals surface area contributed by atoms with Gasteiger partial charge in [0, 0.05) is 12.5 Å². The molecule has 1 amide bonds. The molecule has 2 bridgehead atoms. The van der Waals surface area contributed by atoms with Crippen LogP contribution in [0.5, 0.6) is 0 Å². The Balaban J connectivity index is 1.40. The number of nitrogens with one attached hydrogen (secondary N) is 2. The minimum Gasteiger partial charge on any atom is -0.339 e. The molecule has 1 saturated carbocycles. The molecule has 2 heterocycles. The number of fused-ring (bicyclic) bond motifs is 2. The number of carbonyl (C=O) groups is 1. The maximum Gasteiger partial charge on any atom is 0.238 e. The third-order valence-corrected chi connectivity index (χ3v) is 6.75. The maximum atomic E-state index is 14.6. The summed E-state index contributed by atoms with van der Waals surface area (Å²) in [5.74, 6) is 0.0347. The van der Waals surface area contributed by atoms with Gasteiger partial charge in [-0.2, -0.15) is 0 Å². The van der Waals surface area contributed by atoms with E-state index in [4.69, 9.17) is 5.73 Å². The monoisotopic (exact) mass is 388 g/mol. The van der Waals surface area contributed by atoms with Crippen LogP contribution in [0.3, 0.4) is 0 Å². The van der Waals surface area contributed by atoms with Crippen molar-refractivity contribution in [2.75, 3.05) is 0 Å². The minimum atomic E-state index is -0.605. The molecular weight excluding hydrogens is 363 g/mol. The van der Waals surface area contributed by atoms with E-state index in [9.17, 15) is 9.18 Å². The molecule has 4 atom stereocenters. The Kier molecular flexibility index (Phi) is 5.01. The summed E-state index contributed by atoms with van der Waals surface area (Å²) in [6.07, 6.45) is 2.97. The number of aromatic nitrogens is 1. The molecule has 0 spiro atoms. The highest BCUT2D eigenvalue weighted by Crippen LogP contribution is 2.35. The second-order valence-corrected chi connectivity index (χ2v) is 8.89. The molecule has 27 heavy (non-hydrogen) atoms. The highest BCUT2D eigenvalue weighted by atomic mass is 32.1. The van der Waals surface area contributed by atoms with Crippen molar-refractivity contribution in [1.29, 1.82) is 0 Å². The number of benzene rings is 1. The van der Waals surface area contributed by atoms with Gasteiger partial charge in [-0.25, -0.2) is 9.37 Å². The van der Waals surface area contributed by atoms with Crippen LogP contribution in [0.2, 0.25) is 0 Å². The summed E-state index contributed by atoms with van der Waals surface area (Å²) in [6.45, 7) is 3.87. The molecule has 1 saturated heterocycles. The molecule has 0 radical (unpaired) electrons. The lowest BCUT2D eigenvalue weighted by Crippen LogP contribution is -2.53. The molecule has 1 aliphatic heterocycles. The predicted octanol–water partition coefficient (Wildman–Crippen LogP) is 2.65. The first-order valence-corrected chi connectivity index (χ1v) is 10.3. The number of rotatable bonds is 5. The fourth-order valence-electron chi connectivity index (χ4n) is 4.36. The highest BCUT2D eigenvalue weighted by molar-refractivity contribution is 7.15. The molecular formula is C20H25FN4OS. The first-order chi connectivity index (χ1) is 12.9. The van der Waals surface area contributed by atoms with Crippen LogP contribution in [0.15, 0.2) is 18.2 Å². The molecule has 2 fully saturated rings. The number of nitrogens with two attached hydrogens (primary N) is 1. The first kappa shape index (κ1) is 18.5. The molecule has 4 rings (SSSR count). The van der Waals surface area contributed by atoms with Gasteiger partial charge in [-0.15, -0.1) is 11.3 Å². The van der Waals surface area contributed by atoms with Gasteiger partial charge in [-0.1, -0.05) is 12.1 Å². The largest absolute Gasteiger partial charge is 0.339 e. The average molecular weight is 389 g/mol. The number of thiazole rings is 1. The quantitative estimate of drug-likeness (QED) is 0.688. The van der Waals surface area contributed by atoms with E-state index in [1.165, 1.54) is 6.07 Å². The zero-order chi connectivity index (χ0) is 19.1. The maximum absolute atomic E-state index is 14.6. The third-order valence-electron chi connectivity index (χ3n) is 5.63. The van der Waals surface area contributed by atoms with Crippen molar-refractivity contribution in [3.8, 4) is 10.4 Å². The van der Waals surface area contributed by atoms with Gasteiger partial charge >= 0.3 is 0 Å². The van der Waals surface area contributed by atoms with E-state index in [1.807, 2.05) is 19.9 Å². The Morgan fingerprint density at radius 1 is 1.44 bits per heavy atom. The number of hydrogen-bond donors (Lipinski definition) is 3. The van der Waals surface area contributed by atoms with Crippen LogP contribution in [0.25, 0.3) is 10.4 Å². The van der Waals surface area contributed by atoms with Crippen LogP contribution >= 0.6 is 11.3 Å². The Bertz CT molecular complexity index is 868. The van der Waals surface area contributed by atoms with Crippen LogP contribution in [-0.4, -0.2) is 29.1 Å². The fourth-order valence-corrected chi connectivity index (χ4v) is 5.28. The smallest absolute Gasteiger partial charge is 0.238 e. The van der Waals surface area contributed by atoms with Gasteiger partial charge in [0.05, 0.1) is 27.8 Å². The summed E-state index contributed by atoms with van der Waals surface area (Å²) in [4.78, 5) is 17.8. The van der Waals surface area contributed by atoms with Gasteiger partial charge in [0.15, 0.2) is 0 Å². The number of piperidine rings is 1. The van der Waals surface area contributed by atoms with Crippen molar-refractivity contribution in [2.45, 2.75) is 57.8 Å².